The highest BCUT2D eigenvalue weighted by Crippen LogP contribution is 2.20. The first-order valence-electron chi connectivity index (χ1n) is 4.47. The Labute approximate surface area is 74.9 Å². The molecule has 0 nitrogen and oxygen atoms in total. The van der Waals surface area contributed by atoms with Crippen molar-refractivity contribution in [2.24, 2.45) is 0 Å². The molecular formula is C12H16. The van der Waals surface area contributed by atoms with Crippen LogP contribution in [-0.4, -0.2) is 0 Å². The maximum Gasteiger partial charge on any atom is -0.0225 e. The fourth-order valence-electron chi connectivity index (χ4n) is 1.49. The van der Waals surface area contributed by atoms with Gasteiger partial charge in [-0.1, -0.05) is 42.8 Å². The molecule has 0 aliphatic carbocycles. The number of hydrogen-bond donors (Lipinski definition) is 0. The third kappa shape index (κ3) is 1.97. The SMILES string of the molecule is CCC(=C(C)C)c1ccccc1. The molecule has 0 saturated carbocycles. The van der Waals surface area contributed by atoms with Gasteiger partial charge in [0, 0.05) is 0 Å². The lowest BCUT2D eigenvalue weighted by Crippen LogP contribution is -1.84. The molecule has 0 heterocycles. The topological polar surface area (TPSA) is 0 Å². The standard InChI is InChI=1S/C12H16/c1-4-12(10(2)3)11-8-6-5-7-9-11/h5-9H,4H2,1-3H3. The lowest BCUT2D eigenvalue weighted by atomic mass is 9.99. The van der Waals surface area contributed by atoms with Crippen LogP contribution in [0, 0.1) is 0 Å². The molecule has 0 unspecified atom stereocenters. The minimum atomic E-state index is 1.12. The number of allylic oxidation sites excluding steroid dienone is 2. The van der Waals surface area contributed by atoms with Crippen molar-refractivity contribution in [2.45, 2.75) is 27.2 Å². The molecule has 64 valence electrons. The number of hydrogen-bond acceptors (Lipinski definition) is 0. The lowest BCUT2D eigenvalue weighted by molar-refractivity contribution is 1.19. The largest absolute Gasteiger partial charge is 0.0726 e. The second-order valence-electron chi connectivity index (χ2n) is 3.20. The van der Waals surface area contributed by atoms with Crippen molar-refractivity contribution in [3.63, 3.8) is 0 Å². The first-order chi connectivity index (χ1) is 5.75. The van der Waals surface area contributed by atoms with E-state index in [0.29, 0.717) is 0 Å². The summed E-state index contributed by atoms with van der Waals surface area (Å²) in [6.45, 7) is 6.55. The minimum Gasteiger partial charge on any atom is -0.0726 e. The first kappa shape index (κ1) is 9.05. The Balaban J connectivity index is 3.05. The van der Waals surface area contributed by atoms with Gasteiger partial charge in [0.25, 0.3) is 0 Å². The van der Waals surface area contributed by atoms with Crippen LogP contribution in [0.25, 0.3) is 5.57 Å². The molecule has 0 amide bonds. The van der Waals surface area contributed by atoms with Gasteiger partial charge in [-0.25, -0.2) is 0 Å². The van der Waals surface area contributed by atoms with Crippen LogP contribution >= 0.6 is 0 Å². The van der Waals surface area contributed by atoms with E-state index in [0.717, 1.165) is 6.42 Å². The van der Waals surface area contributed by atoms with E-state index in [1.165, 1.54) is 16.7 Å². The smallest absolute Gasteiger partial charge is 0.0225 e. The summed E-state index contributed by atoms with van der Waals surface area (Å²) in [7, 11) is 0. The quantitative estimate of drug-likeness (QED) is 0.615. The van der Waals surface area contributed by atoms with E-state index < -0.39 is 0 Å². The molecule has 0 N–H and O–H groups in total. The highest BCUT2D eigenvalue weighted by molar-refractivity contribution is 5.67. The van der Waals surface area contributed by atoms with Crippen LogP contribution in [0.5, 0.6) is 0 Å². The molecule has 0 radical (unpaired) electrons. The molecule has 1 aromatic rings. The molecular weight excluding hydrogens is 144 g/mol. The Morgan fingerprint density at radius 1 is 1.08 bits per heavy atom. The summed E-state index contributed by atoms with van der Waals surface area (Å²) in [5, 5.41) is 0. The zero-order valence-corrected chi connectivity index (χ0v) is 8.09. The molecule has 0 aliphatic heterocycles. The maximum absolute atomic E-state index is 2.20. The van der Waals surface area contributed by atoms with Crippen molar-refractivity contribution in [3.05, 3.63) is 41.5 Å². The van der Waals surface area contributed by atoms with Gasteiger partial charge in [0.2, 0.25) is 0 Å². The fraction of sp³-hybridized carbons (Fsp3) is 0.333. The highest BCUT2D eigenvalue weighted by atomic mass is 14.0. The third-order valence-electron chi connectivity index (χ3n) is 2.08. The van der Waals surface area contributed by atoms with Gasteiger partial charge in [0.15, 0.2) is 0 Å². The average molecular weight is 160 g/mol. The maximum atomic E-state index is 2.20. The second-order valence-corrected chi connectivity index (χ2v) is 3.20. The van der Waals surface area contributed by atoms with Crippen LogP contribution in [0.3, 0.4) is 0 Å². The molecule has 0 saturated heterocycles. The second kappa shape index (κ2) is 4.10. The summed E-state index contributed by atoms with van der Waals surface area (Å²) in [5.74, 6) is 0. The molecule has 0 aliphatic rings. The van der Waals surface area contributed by atoms with Gasteiger partial charge in [-0.15, -0.1) is 0 Å². The van der Waals surface area contributed by atoms with E-state index >= 15 is 0 Å². The predicted molar refractivity (Wildman–Crippen MR) is 55.0 cm³/mol. The van der Waals surface area contributed by atoms with Crippen LogP contribution in [0.2, 0.25) is 0 Å². The van der Waals surface area contributed by atoms with Crippen LogP contribution in [-0.2, 0) is 0 Å². The first-order valence-corrected chi connectivity index (χ1v) is 4.47. The van der Waals surface area contributed by atoms with Crippen LogP contribution in [0.1, 0.15) is 32.8 Å². The van der Waals surface area contributed by atoms with Crippen molar-refractivity contribution in [2.75, 3.05) is 0 Å². The van der Waals surface area contributed by atoms with E-state index in [1.807, 2.05) is 0 Å². The van der Waals surface area contributed by atoms with E-state index in [2.05, 4.69) is 51.1 Å². The van der Waals surface area contributed by atoms with Gasteiger partial charge in [-0.2, -0.15) is 0 Å². The molecule has 0 atom stereocenters. The molecule has 1 rings (SSSR count). The Morgan fingerprint density at radius 3 is 2.08 bits per heavy atom. The zero-order valence-electron chi connectivity index (χ0n) is 8.09. The van der Waals surface area contributed by atoms with Crippen molar-refractivity contribution >= 4 is 5.57 Å². The van der Waals surface area contributed by atoms with Crippen molar-refractivity contribution in [1.82, 2.24) is 0 Å². The summed E-state index contributed by atoms with van der Waals surface area (Å²) in [6, 6.07) is 10.6. The molecule has 1 aromatic carbocycles. The third-order valence-corrected chi connectivity index (χ3v) is 2.08. The summed E-state index contributed by atoms with van der Waals surface area (Å²) in [4.78, 5) is 0. The molecule has 0 spiro atoms. The number of benzene rings is 1. The fourth-order valence-corrected chi connectivity index (χ4v) is 1.49. The van der Waals surface area contributed by atoms with Crippen LogP contribution < -0.4 is 0 Å². The molecule has 0 aromatic heterocycles. The van der Waals surface area contributed by atoms with E-state index in [-0.39, 0.29) is 0 Å². The highest BCUT2D eigenvalue weighted by Gasteiger charge is 1.98. The predicted octanol–water partition coefficient (Wildman–Crippen LogP) is 3.89. The van der Waals surface area contributed by atoms with Gasteiger partial charge < -0.3 is 0 Å². The zero-order chi connectivity index (χ0) is 8.97. The van der Waals surface area contributed by atoms with Crippen molar-refractivity contribution in [3.8, 4) is 0 Å². The van der Waals surface area contributed by atoms with E-state index in [1.54, 1.807) is 0 Å². The average Bonchev–Trinajstić information content (AvgIpc) is 2.07. The Kier molecular flexibility index (Phi) is 3.09. The van der Waals surface area contributed by atoms with Crippen LogP contribution in [0.4, 0.5) is 0 Å². The molecule has 12 heavy (non-hydrogen) atoms. The van der Waals surface area contributed by atoms with Gasteiger partial charge in [0.1, 0.15) is 0 Å². The Bertz CT molecular complexity index is 263. The van der Waals surface area contributed by atoms with Gasteiger partial charge in [-0.05, 0) is 31.4 Å². The molecule has 0 fully saturated rings. The van der Waals surface area contributed by atoms with Gasteiger partial charge in [-0.3, -0.25) is 0 Å². The summed E-state index contributed by atoms with van der Waals surface area (Å²) < 4.78 is 0. The van der Waals surface area contributed by atoms with Gasteiger partial charge in [0.05, 0.1) is 0 Å². The lowest BCUT2D eigenvalue weighted by Gasteiger charge is -2.06. The Hall–Kier alpha value is -1.04. The summed E-state index contributed by atoms with van der Waals surface area (Å²) in [6.07, 6.45) is 1.12. The van der Waals surface area contributed by atoms with Crippen molar-refractivity contribution in [1.29, 1.82) is 0 Å². The summed E-state index contributed by atoms with van der Waals surface area (Å²) in [5.41, 5.74) is 4.25. The molecule has 0 heteroatoms. The van der Waals surface area contributed by atoms with Gasteiger partial charge >= 0.3 is 0 Å². The Morgan fingerprint density at radius 2 is 1.67 bits per heavy atom. The normalized spacial score (nSPS) is 9.58. The van der Waals surface area contributed by atoms with E-state index in [9.17, 15) is 0 Å². The van der Waals surface area contributed by atoms with Crippen LogP contribution in [0.15, 0.2) is 35.9 Å². The monoisotopic (exact) mass is 160 g/mol. The number of rotatable bonds is 2. The minimum absolute atomic E-state index is 1.12. The van der Waals surface area contributed by atoms with Crippen molar-refractivity contribution < 1.29 is 0 Å². The summed E-state index contributed by atoms with van der Waals surface area (Å²) >= 11 is 0. The van der Waals surface area contributed by atoms with E-state index in [4.69, 9.17) is 0 Å². The molecule has 0 bridgehead atoms.